The molecule has 3 aromatic rings. The third kappa shape index (κ3) is 3.46. The Kier molecular flexibility index (Phi) is 4.67. The summed E-state index contributed by atoms with van der Waals surface area (Å²) in [7, 11) is 0. The molecular formula is C21H18N2O2. The van der Waals surface area contributed by atoms with E-state index in [0.717, 1.165) is 22.7 Å². The number of carbonyl (C=O) groups excluding carboxylic acids is 1. The van der Waals surface area contributed by atoms with E-state index in [1.807, 2.05) is 44.2 Å². The Morgan fingerprint density at radius 2 is 1.96 bits per heavy atom. The molecular weight excluding hydrogens is 312 g/mol. The molecule has 0 bridgehead atoms. The average molecular weight is 330 g/mol. The molecule has 0 spiro atoms. The van der Waals surface area contributed by atoms with Crippen molar-refractivity contribution in [1.29, 1.82) is 5.26 Å². The lowest BCUT2D eigenvalue weighted by molar-refractivity contribution is 0.104. The lowest BCUT2D eigenvalue weighted by Crippen LogP contribution is -2.04. The lowest BCUT2D eigenvalue weighted by Gasteiger charge is -2.07. The van der Waals surface area contributed by atoms with Gasteiger partial charge in [-0.05, 0) is 43.7 Å². The van der Waals surface area contributed by atoms with E-state index in [4.69, 9.17) is 4.42 Å². The van der Waals surface area contributed by atoms with Crippen LogP contribution in [-0.2, 0) is 6.54 Å². The van der Waals surface area contributed by atoms with E-state index in [1.54, 1.807) is 36.6 Å². The number of rotatable bonds is 5. The maximum Gasteiger partial charge on any atom is 0.203 e. The number of hydrogen-bond acceptors (Lipinski definition) is 3. The van der Waals surface area contributed by atoms with Crippen LogP contribution in [-0.4, -0.2) is 10.4 Å². The van der Waals surface area contributed by atoms with Gasteiger partial charge in [0.2, 0.25) is 5.78 Å². The molecule has 124 valence electrons. The number of aryl methyl sites for hydroxylation is 1. The second-order valence-corrected chi connectivity index (χ2v) is 5.86. The van der Waals surface area contributed by atoms with Crippen molar-refractivity contribution < 1.29 is 9.21 Å². The highest BCUT2D eigenvalue weighted by molar-refractivity contribution is 6.14. The van der Waals surface area contributed by atoms with E-state index in [0.29, 0.717) is 12.1 Å². The van der Waals surface area contributed by atoms with E-state index in [-0.39, 0.29) is 11.4 Å². The van der Waals surface area contributed by atoms with Gasteiger partial charge in [0.15, 0.2) is 0 Å². The number of Topliss-reactive ketones (excluding diaryl/α,β-unsaturated/α-hetero) is 1. The van der Waals surface area contributed by atoms with Gasteiger partial charge in [-0.1, -0.05) is 30.3 Å². The van der Waals surface area contributed by atoms with Gasteiger partial charge in [-0.25, -0.2) is 0 Å². The zero-order chi connectivity index (χ0) is 17.8. The van der Waals surface area contributed by atoms with Crippen molar-refractivity contribution in [2.24, 2.45) is 0 Å². The first-order chi connectivity index (χ1) is 12.1. The van der Waals surface area contributed by atoms with Crippen LogP contribution >= 0.6 is 0 Å². The topological polar surface area (TPSA) is 58.9 Å². The molecule has 0 fully saturated rings. The number of allylic oxidation sites excluding steroid dienone is 1. The number of aromatic nitrogens is 1. The molecule has 25 heavy (non-hydrogen) atoms. The number of benzene rings is 1. The van der Waals surface area contributed by atoms with Crippen molar-refractivity contribution in [3.8, 4) is 6.07 Å². The predicted octanol–water partition coefficient (Wildman–Crippen LogP) is 4.54. The van der Waals surface area contributed by atoms with Crippen molar-refractivity contribution in [2.75, 3.05) is 0 Å². The maximum absolute atomic E-state index is 12.5. The largest absolute Gasteiger partial charge is 0.467 e. The van der Waals surface area contributed by atoms with Gasteiger partial charge < -0.3 is 8.98 Å². The molecule has 0 atom stereocenters. The van der Waals surface area contributed by atoms with Crippen molar-refractivity contribution in [2.45, 2.75) is 20.4 Å². The van der Waals surface area contributed by atoms with Crippen LogP contribution in [0.3, 0.4) is 0 Å². The summed E-state index contributed by atoms with van der Waals surface area (Å²) in [5.41, 5.74) is 3.54. The van der Waals surface area contributed by atoms with E-state index >= 15 is 0 Å². The third-order valence-corrected chi connectivity index (χ3v) is 4.21. The summed E-state index contributed by atoms with van der Waals surface area (Å²) in [4.78, 5) is 12.5. The van der Waals surface area contributed by atoms with Gasteiger partial charge in [-0.15, -0.1) is 0 Å². The smallest absolute Gasteiger partial charge is 0.203 e. The number of carbonyl (C=O) groups is 1. The Hall–Kier alpha value is -3.32. The van der Waals surface area contributed by atoms with Gasteiger partial charge >= 0.3 is 0 Å². The van der Waals surface area contributed by atoms with Crippen LogP contribution in [0.1, 0.15) is 33.1 Å². The highest BCUT2D eigenvalue weighted by Gasteiger charge is 2.14. The second-order valence-electron chi connectivity index (χ2n) is 5.86. The standard InChI is InChI=1S/C21H18N2O2/c1-15-11-18(16(2)23(15)14-20-9-6-10-25-20)12-19(13-22)21(24)17-7-4-3-5-8-17/h3-12H,14H2,1-2H3. The van der Waals surface area contributed by atoms with Crippen LogP contribution in [0.2, 0.25) is 0 Å². The molecule has 4 nitrogen and oxygen atoms in total. The van der Waals surface area contributed by atoms with Crippen molar-refractivity contribution in [3.63, 3.8) is 0 Å². The summed E-state index contributed by atoms with van der Waals surface area (Å²) in [5, 5.41) is 9.43. The van der Waals surface area contributed by atoms with Crippen LogP contribution in [0.15, 0.2) is 64.8 Å². The van der Waals surface area contributed by atoms with E-state index in [9.17, 15) is 10.1 Å². The highest BCUT2D eigenvalue weighted by Crippen LogP contribution is 2.21. The highest BCUT2D eigenvalue weighted by atomic mass is 16.3. The van der Waals surface area contributed by atoms with Crippen molar-refractivity contribution >= 4 is 11.9 Å². The number of hydrogen-bond donors (Lipinski definition) is 0. The van der Waals surface area contributed by atoms with Crippen molar-refractivity contribution in [1.82, 2.24) is 4.57 Å². The first-order valence-electron chi connectivity index (χ1n) is 8.01. The zero-order valence-corrected chi connectivity index (χ0v) is 14.2. The fourth-order valence-corrected chi connectivity index (χ4v) is 2.82. The van der Waals surface area contributed by atoms with Gasteiger partial charge in [-0.2, -0.15) is 5.26 Å². The normalized spacial score (nSPS) is 11.3. The van der Waals surface area contributed by atoms with Gasteiger partial charge in [0, 0.05) is 17.0 Å². The van der Waals surface area contributed by atoms with Crippen LogP contribution in [0.25, 0.3) is 6.08 Å². The molecule has 1 aromatic carbocycles. The predicted molar refractivity (Wildman–Crippen MR) is 96.1 cm³/mol. The number of furan rings is 1. The maximum atomic E-state index is 12.5. The minimum Gasteiger partial charge on any atom is -0.467 e. The van der Waals surface area contributed by atoms with E-state index in [1.165, 1.54) is 0 Å². The zero-order valence-electron chi connectivity index (χ0n) is 14.2. The molecule has 0 amide bonds. The van der Waals surface area contributed by atoms with Gasteiger partial charge in [0.1, 0.15) is 17.4 Å². The Bertz CT molecular complexity index is 955. The third-order valence-electron chi connectivity index (χ3n) is 4.21. The summed E-state index contributed by atoms with van der Waals surface area (Å²) < 4.78 is 7.52. The molecule has 0 radical (unpaired) electrons. The number of ketones is 1. The molecule has 0 aliphatic rings. The Balaban J connectivity index is 1.94. The summed E-state index contributed by atoms with van der Waals surface area (Å²) in [6.45, 7) is 4.59. The van der Waals surface area contributed by atoms with E-state index < -0.39 is 0 Å². The molecule has 0 saturated heterocycles. The fourth-order valence-electron chi connectivity index (χ4n) is 2.82. The first-order valence-corrected chi connectivity index (χ1v) is 8.01. The molecule has 0 aliphatic carbocycles. The molecule has 0 aliphatic heterocycles. The first kappa shape index (κ1) is 16.5. The Labute approximate surface area is 146 Å². The summed E-state index contributed by atoms with van der Waals surface area (Å²) in [6, 6.07) is 16.6. The van der Waals surface area contributed by atoms with Crippen molar-refractivity contribution in [3.05, 3.63) is 88.6 Å². The van der Waals surface area contributed by atoms with Gasteiger partial charge in [0.25, 0.3) is 0 Å². The van der Waals surface area contributed by atoms with Crippen LogP contribution in [0, 0.1) is 25.2 Å². The minimum atomic E-state index is -0.265. The molecule has 2 aromatic heterocycles. The molecule has 0 N–H and O–H groups in total. The Morgan fingerprint density at radius 1 is 1.20 bits per heavy atom. The molecule has 2 heterocycles. The summed E-state index contributed by atoms with van der Waals surface area (Å²) in [5.74, 6) is 0.595. The average Bonchev–Trinajstić information content (AvgIpc) is 3.24. The number of nitrogens with zero attached hydrogens (tertiary/aromatic N) is 2. The fraction of sp³-hybridized carbons (Fsp3) is 0.143. The molecule has 3 rings (SSSR count). The molecule has 4 heteroatoms. The second kappa shape index (κ2) is 7.06. The van der Waals surface area contributed by atoms with Crippen LogP contribution < -0.4 is 0 Å². The van der Waals surface area contributed by atoms with Crippen LogP contribution in [0.4, 0.5) is 0 Å². The molecule has 0 unspecified atom stereocenters. The molecule has 0 saturated carbocycles. The van der Waals surface area contributed by atoms with E-state index in [2.05, 4.69) is 4.57 Å². The monoisotopic (exact) mass is 330 g/mol. The lowest BCUT2D eigenvalue weighted by atomic mass is 10.0. The van der Waals surface area contributed by atoms with Crippen LogP contribution in [0.5, 0.6) is 0 Å². The van der Waals surface area contributed by atoms with Gasteiger partial charge in [0.05, 0.1) is 12.8 Å². The quantitative estimate of drug-likeness (QED) is 0.392. The summed E-state index contributed by atoms with van der Waals surface area (Å²) >= 11 is 0. The SMILES string of the molecule is Cc1cc(C=C(C#N)C(=O)c2ccccc2)c(C)n1Cc1ccco1. The Morgan fingerprint density at radius 3 is 2.60 bits per heavy atom. The van der Waals surface area contributed by atoms with Gasteiger partial charge in [-0.3, -0.25) is 4.79 Å². The number of nitriles is 1. The summed E-state index contributed by atoms with van der Waals surface area (Å²) in [6.07, 6.45) is 3.31. The minimum absolute atomic E-state index is 0.129.